The molecular weight excluding hydrogens is 206 g/mol. The Hall–Kier alpha value is -2.08. The van der Waals surface area contributed by atoms with Crippen molar-refractivity contribution in [2.75, 3.05) is 0 Å². The number of nitrogens with zero attached hydrogens (tertiary/aromatic N) is 3. The molecule has 2 rings (SSSR count). The van der Waals surface area contributed by atoms with E-state index in [0.29, 0.717) is 0 Å². The van der Waals surface area contributed by atoms with Crippen LogP contribution in [0.15, 0.2) is 45.5 Å². The van der Waals surface area contributed by atoms with Gasteiger partial charge in [-0.25, -0.2) is 4.99 Å². The van der Waals surface area contributed by atoms with E-state index in [4.69, 9.17) is 11.5 Å². The summed E-state index contributed by atoms with van der Waals surface area (Å²) >= 11 is 0. The van der Waals surface area contributed by atoms with E-state index in [9.17, 15) is 4.91 Å². The lowest BCUT2D eigenvalue weighted by Crippen LogP contribution is -2.53. The Morgan fingerprint density at radius 1 is 1.31 bits per heavy atom. The minimum atomic E-state index is -1.61. The van der Waals surface area contributed by atoms with E-state index in [2.05, 4.69) is 15.2 Å². The highest BCUT2D eigenvalue weighted by atomic mass is 16.3. The van der Waals surface area contributed by atoms with Gasteiger partial charge in [-0.1, -0.05) is 30.3 Å². The maximum atomic E-state index is 10.5. The van der Waals surface area contributed by atoms with Crippen LogP contribution in [0.1, 0.15) is 11.7 Å². The number of rotatable bonds is 2. The van der Waals surface area contributed by atoms with Crippen molar-refractivity contribution in [1.82, 2.24) is 0 Å². The predicted molar refractivity (Wildman–Crippen MR) is 62.0 cm³/mol. The highest BCUT2D eigenvalue weighted by Crippen LogP contribution is 2.22. The summed E-state index contributed by atoms with van der Waals surface area (Å²) in [5.41, 5.74) is 10.4. The maximum Gasteiger partial charge on any atom is 0.242 e. The average molecular weight is 217 g/mol. The summed E-state index contributed by atoms with van der Waals surface area (Å²) in [6, 6.07) is 9.38. The van der Waals surface area contributed by atoms with Gasteiger partial charge >= 0.3 is 0 Å². The summed E-state index contributed by atoms with van der Waals surface area (Å²) in [5, 5.41) is 2.71. The van der Waals surface area contributed by atoms with Crippen molar-refractivity contribution in [2.45, 2.75) is 11.8 Å². The van der Waals surface area contributed by atoms with Gasteiger partial charge in [-0.15, -0.1) is 4.91 Å². The molecule has 0 spiro atoms. The van der Waals surface area contributed by atoms with Gasteiger partial charge in [0, 0.05) is 0 Å². The van der Waals surface area contributed by atoms with Gasteiger partial charge in [0.05, 0.1) is 6.21 Å². The quantitative estimate of drug-likeness (QED) is 0.706. The molecule has 2 unspecified atom stereocenters. The van der Waals surface area contributed by atoms with Gasteiger partial charge < -0.3 is 5.73 Å². The highest BCUT2D eigenvalue weighted by molar-refractivity contribution is 6.06. The van der Waals surface area contributed by atoms with E-state index in [0.717, 1.165) is 5.56 Å². The Balaban J connectivity index is 2.31. The molecule has 6 heteroatoms. The van der Waals surface area contributed by atoms with Crippen molar-refractivity contribution < 1.29 is 0 Å². The summed E-state index contributed by atoms with van der Waals surface area (Å²) in [6.45, 7) is 0. The van der Waals surface area contributed by atoms with Gasteiger partial charge in [0.25, 0.3) is 0 Å². The van der Waals surface area contributed by atoms with Gasteiger partial charge in [0.2, 0.25) is 5.66 Å². The fourth-order valence-electron chi connectivity index (χ4n) is 1.37. The third kappa shape index (κ3) is 1.70. The smallest absolute Gasteiger partial charge is 0.242 e. The van der Waals surface area contributed by atoms with Crippen LogP contribution < -0.4 is 11.5 Å². The Labute approximate surface area is 92.1 Å². The van der Waals surface area contributed by atoms with Gasteiger partial charge in [-0.05, 0) is 10.7 Å². The summed E-state index contributed by atoms with van der Waals surface area (Å²) in [4.78, 5) is 18.6. The van der Waals surface area contributed by atoms with Crippen molar-refractivity contribution in [2.24, 2.45) is 26.6 Å². The van der Waals surface area contributed by atoms with E-state index < -0.39 is 11.8 Å². The normalized spacial score (nSPS) is 28.6. The van der Waals surface area contributed by atoms with Crippen LogP contribution in [0.3, 0.4) is 0 Å². The molecule has 0 aliphatic carbocycles. The molecule has 0 saturated carbocycles. The molecule has 0 amide bonds. The largest absolute Gasteiger partial charge is 0.384 e. The topological polar surface area (TPSA) is 106 Å². The van der Waals surface area contributed by atoms with E-state index >= 15 is 0 Å². The Bertz CT molecular complexity index is 456. The predicted octanol–water partition coefficient (Wildman–Crippen LogP) is 0.548. The standard InChI is InChI=1S/C10H11N5O/c11-9-10(12,15-16)6-13-8(14-9)7-4-2-1-3-5-7/h1-6,8H,12H2,(H2,11,14). The Morgan fingerprint density at radius 3 is 2.56 bits per heavy atom. The van der Waals surface area contributed by atoms with Crippen molar-refractivity contribution in [1.29, 1.82) is 0 Å². The molecule has 0 aromatic heterocycles. The molecule has 82 valence electrons. The van der Waals surface area contributed by atoms with E-state index in [1.54, 1.807) is 0 Å². The number of nitroso groups, excluding NO2 is 1. The van der Waals surface area contributed by atoms with Crippen LogP contribution in [0.4, 0.5) is 0 Å². The van der Waals surface area contributed by atoms with Gasteiger partial charge in [-0.3, -0.25) is 10.7 Å². The molecule has 1 heterocycles. The van der Waals surface area contributed by atoms with Crippen LogP contribution in [-0.4, -0.2) is 17.7 Å². The van der Waals surface area contributed by atoms with Crippen LogP contribution in [0.25, 0.3) is 0 Å². The number of nitrogens with two attached hydrogens (primary N) is 2. The second-order valence-electron chi connectivity index (χ2n) is 3.49. The first-order valence-electron chi connectivity index (χ1n) is 4.72. The summed E-state index contributed by atoms with van der Waals surface area (Å²) < 4.78 is 0. The van der Waals surface area contributed by atoms with Crippen molar-refractivity contribution >= 4 is 12.1 Å². The molecule has 1 aliphatic heterocycles. The molecule has 1 aromatic carbocycles. The first kappa shape index (κ1) is 10.4. The van der Waals surface area contributed by atoms with Crippen LogP contribution in [0, 0.1) is 4.91 Å². The molecule has 2 atom stereocenters. The number of amidine groups is 1. The van der Waals surface area contributed by atoms with Crippen LogP contribution in [0.5, 0.6) is 0 Å². The van der Waals surface area contributed by atoms with E-state index in [1.165, 1.54) is 6.21 Å². The fourth-order valence-corrected chi connectivity index (χ4v) is 1.37. The molecule has 1 aliphatic rings. The van der Waals surface area contributed by atoms with Crippen LogP contribution >= 0.6 is 0 Å². The minimum Gasteiger partial charge on any atom is -0.384 e. The molecule has 4 N–H and O–H groups in total. The third-order valence-corrected chi connectivity index (χ3v) is 2.33. The highest BCUT2D eigenvalue weighted by Gasteiger charge is 2.33. The zero-order chi connectivity index (χ0) is 11.6. The maximum absolute atomic E-state index is 10.5. The molecule has 0 bridgehead atoms. The SMILES string of the molecule is NC1=NC(c2ccccc2)N=CC1(N)N=O. The average Bonchev–Trinajstić information content (AvgIpc) is 2.34. The summed E-state index contributed by atoms with van der Waals surface area (Å²) in [6.07, 6.45) is 0.791. The number of aliphatic imine (C=N–C) groups is 2. The fraction of sp³-hybridized carbons (Fsp3) is 0.200. The molecular formula is C10H11N5O. The second kappa shape index (κ2) is 3.82. The van der Waals surface area contributed by atoms with E-state index in [1.807, 2.05) is 30.3 Å². The zero-order valence-corrected chi connectivity index (χ0v) is 8.45. The van der Waals surface area contributed by atoms with Crippen molar-refractivity contribution in [3.8, 4) is 0 Å². The molecule has 6 nitrogen and oxygen atoms in total. The van der Waals surface area contributed by atoms with Crippen LogP contribution in [0.2, 0.25) is 0 Å². The first-order chi connectivity index (χ1) is 7.65. The lowest BCUT2D eigenvalue weighted by molar-refractivity contribution is 0.687. The molecule has 0 saturated heterocycles. The Kier molecular flexibility index (Phi) is 2.49. The third-order valence-electron chi connectivity index (χ3n) is 2.33. The van der Waals surface area contributed by atoms with Crippen molar-refractivity contribution in [3.05, 3.63) is 40.8 Å². The number of benzene rings is 1. The van der Waals surface area contributed by atoms with Crippen molar-refractivity contribution in [3.63, 3.8) is 0 Å². The number of hydrogen-bond acceptors (Lipinski definition) is 6. The number of hydrogen-bond donors (Lipinski definition) is 2. The summed E-state index contributed by atoms with van der Waals surface area (Å²) in [7, 11) is 0. The second-order valence-corrected chi connectivity index (χ2v) is 3.49. The molecule has 0 fully saturated rings. The monoisotopic (exact) mass is 217 g/mol. The minimum absolute atomic E-state index is 0.0219. The summed E-state index contributed by atoms with van der Waals surface area (Å²) in [5.74, 6) is -0.0219. The van der Waals surface area contributed by atoms with E-state index in [-0.39, 0.29) is 5.84 Å². The first-order valence-corrected chi connectivity index (χ1v) is 4.72. The van der Waals surface area contributed by atoms with Crippen LogP contribution in [-0.2, 0) is 0 Å². The lowest BCUT2D eigenvalue weighted by Gasteiger charge is -2.22. The van der Waals surface area contributed by atoms with Gasteiger partial charge in [0.1, 0.15) is 5.84 Å². The lowest BCUT2D eigenvalue weighted by atomic mass is 10.1. The molecule has 0 radical (unpaired) electrons. The van der Waals surface area contributed by atoms with Gasteiger partial charge in [-0.2, -0.15) is 0 Å². The zero-order valence-electron chi connectivity index (χ0n) is 8.45. The molecule has 1 aromatic rings. The molecule has 16 heavy (non-hydrogen) atoms. The van der Waals surface area contributed by atoms with Gasteiger partial charge in [0.15, 0.2) is 6.17 Å². The Morgan fingerprint density at radius 2 is 2.00 bits per heavy atom.